The van der Waals surface area contributed by atoms with Crippen molar-refractivity contribution in [3.8, 4) is 0 Å². The Kier molecular flexibility index (Phi) is 2.17. The van der Waals surface area contributed by atoms with Gasteiger partial charge >= 0.3 is 5.69 Å². The maximum absolute atomic E-state index is 11.4. The Labute approximate surface area is 66.3 Å². The standard InChI is InChI=1S/C8H14N2O/c1-4-9-5-6-10(7(2)3)8(9)11/h5-7H,4H2,1-3H3. The summed E-state index contributed by atoms with van der Waals surface area (Å²) in [6, 6.07) is 0.260. The second-order valence-electron chi connectivity index (χ2n) is 2.87. The number of rotatable bonds is 2. The van der Waals surface area contributed by atoms with Crippen molar-refractivity contribution in [2.45, 2.75) is 33.4 Å². The minimum absolute atomic E-state index is 0.0856. The molecule has 1 heterocycles. The SMILES string of the molecule is CCn1ccn(C(C)C)c1=O. The zero-order valence-corrected chi connectivity index (χ0v) is 7.24. The molecule has 1 rings (SSSR count). The minimum atomic E-state index is 0.0856. The van der Waals surface area contributed by atoms with Crippen LogP contribution in [0.25, 0.3) is 0 Å². The van der Waals surface area contributed by atoms with Crippen LogP contribution in [0, 0.1) is 0 Å². The Balaban J connectivity index is 3.11. The van der Waals surface area contributed by atoms with Crippen LogP contribution < -0.4 is 5.69 Å². The van der Waals surface area contributed by atoms with E-state index >= 15 is 0 Å². The molecule has 0 radical (unpaired) electrons. The molecule has 0 unspecified atom stereocenters. The molecule has 0 spiro atoms. The Morgan fingerprint density at radius 3 is 2.36 bits per heavy atom. The molecule has 0 saturated heterocycles. The molecule has 0 amide bonds. The van der Waals surface area contributed by atoms with Gasteiger partial charge in [-0.25, -0.2) is 4.79 Å². The summed E-state index contributed by atoms with van der Waals surface area (Å²) < 4.78 is 3.42. The maximum atomic E-state index is 11.4. The van der Waals surface area contributed by atoms with Crippen molar-refractivity contribution in [3.05, 3.63) is 22.9 Å². The largest absolute Gasteiger partial charge is 0.328 e. The fourth-order valence-corrected chi connectivity index (χ4v) is 1.06. The molecule has 3 nitrogen and oxygen atoms in total. The third-order valence-corrected chi connectivity index (χ3v) is 1.77. The molecule has 62 valence electrons. The van der Waals surface area contributed by atoms with E-state index < -0.39 is 0 Å². The van der Waals surface area contributed by atoms with E-state index in [2.05, 4.69) is 0 Å². The second kappa shape index (κ2) is 2.95. The third-order valence-electron chi connectivity index (χ3n) is 1.77. The summed E-state index contributed by atoms with van der Waals surface area (Å²) >= 11 is 0. The first kappa shape index (κ1) is 8.11. The van der Waals surface area contributed by atoms with Crippen molar-refractivity contribution >= 4 is 0 Å². The van der Waals surface area contributed by atoms with E-state index in [1.165, 1.54) is 0 Å². The second-order valence-corrected chi connectivity index (χ2v) is 2.87. The number of hydrogen-bond donors (Lipinski definition) is 0. The van der Waals surface area contributed by atoms with Gasteiger partial charge in [0, 0.05) is 25.0 Å². The van der Waals surface area contributed by atoms with Crippen molar-refractivity contribution in [1.29, 1.82) is 0 Å². The first-order valence-electron chi connectivity index (χ1n) is 3.94. The van der Waals surface area contributed by atoms with Crippen molar-refractivity contribution < 1.29 is 0 Å². The lowest BCUT2D eigenvalue weighted by molar-refractivity contribution is 0.558. The van der Waals surface area contributed by atoms with Gasteiger partial charge in [-0.15, -0.1) is 0 Å². The van der Waals surface area contributed by atoms with E-state index in [-0.39, 0.29) is 11.7 Å². The third kappa shape index (κ3) is 1.37. The summed E-state index contributed by atoms with van der Waals surface area (Å²) in [6.07, 6.45) is 3.65. The zero-order valence-electron chi connectivity index (χ0n) is 7.24. The van der Waals surface area contributed by atoms with Crippen LogP contribution in [0.2, 0.25) is 0 Å². The molecular formula is C8H14N2O. The molecule has 0 atom stereocenters. The highest BCUT2D eigenvalue weighted by molar-refractivity contribution is 4.82. The highest BCUT2D eigenvalue weighted by Crippen LogP contribution is 1.98. The normalized spacial score (nSPS) is 10.9. The highest BCUT2D eigenvalue weighted by atomic mass is 16.1. The number of imidazole rings is 1. The summed E-state index contributed by atoms with van der Waals surface area (Å²) in [5, 5.41) is 0. The fourth-order valence-electron chi connectivity index (χ4n) is 1.06. The van der Waals surface area contributed by atoms with Crippen LogP contribution >= 0.6 is 0 Å². The predicted octanol–water partition coefficient (Wildman–Crippen LogP) is 1.25. The van der Waals surface area contributed by atoms with E-state index in [1.807, 2.05) is 33.2 Å². The van der Waals surface area contributed by atoms with Crippen LogP contribution in [0.4, 0.5) is 0 Å². The molecule has 3 heteroatoms. The molecule has 0 aromatic carbocycles. The highest BCUT2D eigenvalue weighted by Gasteiger charge is 2.02. The Morgan fingerprint density at radius 2 is 2.09 bits per heavy atom. The first-order valence-corrected chi connectivity index (χ1v) is 3.94. The molecule has 0 aliphatic rings. The van der Waals surface area contributed by atoms with Crippen molar-refractivity contribution in [1.82, 2.24) is 9.13 Å². The maximum Gasteiger partial charge on any atom is 0.328 e. The molecular weight excluding hydrogens is 140 g/mol. The molecule has 0 bridgehead atoms. The number of aryl methyl sites for hydroxylation is 1. The van der Waals surface area contributed by atoms with Crippen LogP contribution in [-0.2, 0) is 6.54 Å². The van der Waals surface area contributed by atoms with Crippen LogP contribution in [0.5, 0.6) is 0 Å². The summed E-state index contributed by atoms with van der Waals surface area (Å²) in [7, 11) is 0. The molecule has 0 aliphatic heterocycles. The van der Waals surface area contributed by atoms with Gasteiger partial charge in [0.15, 0.2) is 0 Å². The smallest absolute Gasteiger partial charge is 0.300 e. The Hall–Kier alpha value is -0.990. The molecule has 11 heavy (non-hydrogen) atoms. The van der Waals surface area contributed by atoms with Crippen LogP contribution in [-0.4, -0.2) is 9.13 Å². The van der Waals surface area contributed by atoms with Crippen molar-refractivity contribution in [3.63, 3.8) is 0 Å². The number of aromatic nitrogens is 2. The van der Waals surface area contributed by atoms with Crippen LogP contribution in [0.1, 0.15) is 26.8 Å². The van der Waals surface area contributed by atoms with Gasteiger partial charge < -0.3 is 0 Å². The average molecular weight is 154 g/mol. The summed E-state index contributed by atoms with van der Waals surface area (Å²) in [5.74, 6) is 0. The first-order chi connectivity index (χ1) is 5.16. The number of nitrogens with zero attached hydrogens (tertiary/aromatic N) is 2. The molecule has 1 aromatic heterocycles. The van der Waals surface area contributed by atoms with Crippen LogP contribution in [0.15, 0.2) is 17.2 Å². The Morgan fingerprint density at radius 1 is 1.45 bits per heavy atom. The van der Waals surface area contributed by atoms with Crippen molar-refractivity contribution in [2.75, 3.05) is 0 Å². The molecule has 0 fully saturated rings. The van der Waals surface area contributed by atoms with Gasteiger partial charge in [-0.05, 0) is 20.8 Å². The minimum Gasteiger partial charge on any atom is -0.300 e. The van der Waals surface area contributed by atoms with E-state index in [4.69, 9.17) is 0 Å². The van der Waals surface area contributed by atoms with Gasteiger partial charge in [-0.2, -0.15) is 0 Å². The van der Waals surface area contributed by atoms with Crippen molar-refractivity contribution in [2.24, 2.45) is 0 Å². The average Bonchev–Trinajstić information content (AvgIpc) is 2.30. The fraction of sp³-hybridized carbons (Fsp3) is 0.625. The van der Waals surface area contributed by atoms with Gasteiger partial charge in [-0.1, -0.05) is 0 Å². The topological polar surface area (TPSA) is 26.9 Å². The molecule has 1 aromatic rings. The Bertz CT molecular complexity index is 283. The van der Waals surface area contributed by atoms with E-state index in [0.717, 1.165) is 6.54 Å². The molecule has 0 N–H and O–H groups in total. The summed E-state index contributed by atoms with van der Waals surface area (Å²) in [6.45, 7) is 6.72. The quantitative estimate of drug-likeness (QED) is 0.629. The number of hydrogen-bond acceptors (Lipinski definition) is 1. The monoisotopic (exact) mass is 154 g/mol. The lowest BCUT2D eigenvalue weighted by atomic mass is 10.4. The summed E-state index contributed by atoms with van der Waals surface area (Å²) in [4.78, 5) is 11.4. The van der Waals surface area contributed by atoms with E-state index in [9.17, 15) is 4.79 Å². The van der Waals surface area contributed by atoms with Gasteiger partial charge in [0.2, 0.25) is 0 Å². The zero-order chi connectivity index (χ0) is 8.43. The van der Waals surface area contributed by atoms with E-state index in [0.29, 0.717) is 0 Å². The van der Waals surface area contributed by atoms with Gasteiger partial charge in [0.1, 0.15) is 0 Å². The van der Waals surface area contributed by atoms with Crippen LogP contribution in [0.3, 0.4) is 0 Å². The predicted molar refractivity (Wildman–Crippen MR) is 44.8 cm³/mol. The lowest BCUT2D eigenvalue weighted by Crippen LogP contribution is -2.24. The summed E-state index contributed by atoms with van der Waals surface area (Å²) in [5.41, 5.74) is 0.0856. The van der Waals surface area contributed by atoms with Gasteiger partial charge in [0.05, 0.1) is 0 Å². The molecule has 0 aliphatic carbocycles. The van der Waals surface area contributed by atoms with Gasteiger partial charge in [-0.3, -0.25) is 9.13 Å². The lowest BCUT2D eigenvalue weighted by Gasteiger charge is -2.03. The van der Waals surface area contributed by atoms with E-state index in [1.54, 1.807) is 9.13 Å². The molecule has 0 saturated carbocycles. The van der Waals surface area contributed by atoms with Gasteiger partial charge in [0.25, 0.3) is 0 Å².